The van der Waals surface area contributed by atoms with E-state index in [0.29, 0.717) is 31.2 Å². The molecule has 1 aliphatic heterocycles. The lowest BCUT2D eigenvalue weighted by Gasteiger charge is -2.32. The summed E-state index contributed by atoms with van der Waals surface area (Å²) >= 11 is 0. The third kappa shape index (κ3) is 3.73. The molecule has 1 atom stereocenters. The zero-order chi connectivity index (χ0) is 16.2. The van der Waals surface area contributed by atoms with Crippen LogP contribution >= 0.6 is 0 Å². The number of morpholine rings is 1. The van der Waals surface area contributed by atoms with E-state index in [1.165, 1.54) is 6.39 Å². The molecule has 0 aromatic carbocycles. The minimum Gasteiger partial charge on any atom is -0.438 e. The van der Waals surface area contributed by atoms with E-state index in [1.807, 2.05) is 13.0 Å². The first-order valence-electron chi connectivity index (χ1n) is 7.72. The molecule has 1 amide bonds. The van der Waals surface area contributed by atoms with Crippen LogP contribution in [0, 0.1) is 13.8 Å². The third-order valence-electron chi connectivity index (χ3n) is 3.95. The molecule has 3 rings (SSSR count). The molecule has 1 aliphatic rings. The van der Waals surface area contributed by atoms with Crippen molar-refractivity contribution < 1.29 is 13.9 Å². The summed E-state index contributed by atoms with van der Waals surface area (Å²) in [5.41, 5.74) is 2.57. The summed E-state index contributed by atoms with van der Waals surface area (Å²) < 4.78 is 11.0. The van der Waals surface area contributed by atoms with E-state index in [-0.39, 0.29) is 12.0 Å². The number of amides is 1. The molecule has 3 heterocycles. The van der Waals surface area contributed by atoms with Gasteiger partial charge in [0, 0.05) is 24.5 Å². The molecule has 0 spiro atoms. The quantitative estimate of drug-likeness (QED) is 0.851. The Morgan fingerprint density at radius 3 is 2.96 bits per heavy atom. The summed E-state index contributed by atoms with van der Waals surface area (Å²) in [5.74, 6) is 0.197. The average molecular weight is 316 g/mol. The topological polar surface area (TPSA) is 81.4 Å². The number of oxazole rings is 1. The molecule has 1 saturated heterocycles. The minimum absolute atomic E-state index is 0.00574. The summed E-state index contributed by atoms with van der Waals surface area (Å²) in [5, 5.41) is 0. The summed E-state index contributed by atoms with van der Waals surface area (Å²) in [4.78, 5) is 26.6. The van der Waals surface area contributed by atoms with Gasteiger partial charge in [0.25, 0.3) is 5.91 Å². The fourth-order valence-electron chi connectivity index (χ4n) is 2.68. The van der Waals surface area contributed by atoms with Crippen molar-refractivity contribution in [2.75, 3.05) is 19.7 Å². The molecule has 2 aromatic heterocycles. The number of carbonyl (C=O) groups excluding carboxylic acids is 1. The van der Waals surface area contributed by atoms with Crippen LogP contribution in [0.15, 0.2) is 23.2 Å². The van der Waals surface area contributed by atoms with Gasteiger partial charge >= 0.3 is 0 Å². The Bertz CT molecular complexity index is 685. The van der Waals surface area contributed by atoms with Crippen LogP contribution in [0.4, 0.5) is 0 Å². The first-order valence-corrected chi connectivity index (χ1v) is 7.72. The Kier molecular flexibility index (Phi) is 4.66. The Morgan fingerprint density at radius 2 is 2.22 bits per heavy atom. The van der Waals surface area contributed by atoms with Crippen LogP contribution in [0.1, 0.15) is 34.1 Å². The van der Waals surface area contributed by atoms with Crippen molar-refractivity contribution in [3.8, 4) is 0 Å². The Balaban J connectivity index is 1.58. The summed E-state index contributed by atoms with van der Waals surface area (Å²) in [6.45, 7) is 5.38. The van der Waals surface area contributed by atoms with Crippen molar-refractivity contribution in [3.63, 3.8) is 0 Å². The van der Waals surface area contributed by atoms with Gasteiger partial charge in [-0.2, -0.15) is 0 Å². The van der Waals surface area contributed by atoms with Gasteiger partial charge in [0.15, 0.2) is 6.39 Å². The number of rotatable bonds is 4. The maximum absolute atomic E-state index is 12.5. The largest absolute Gasteiger partial charge is 0.438 e. The fraction of sp³-hybridized carbons (Fsp3) is 0.500. The predicted molar refractivity (Wildman–Crippen MR) is 82.0 cm³/mol. The SMILES string of the molecule is Cc1cc(CC[C@H]2CN(C(=O)c3ocnc3C)CCO2)ncn1. The number of nitrogens with zero attached hydrogens (tertiary/aromatic N) is 4. The van der Waals surface area contributed by atoms with Gasteiger partial charge in [0.1, 0.15) is 6.33 Å². The molecule has 2 aromatic rings. The molecule has 122 valence electrons. The molecule has 0 saturated carbocycles. The third-order valence-corrected chi connectivity index (χ3v) is 3.95. The van der Waals surface area contributed by atoms with Gasteiger partial charge in [0.2, 0.25) is 5.76 Å². The summed E-state index contributed by atoms with van der Waals surface area (Å²) in [6, 6.07) is 1.98. The van der Waals surface area contributed by atoms with E-state index < -0.39 is 0 Å². The second-order valence-electron chi connectivity index (χ2n) is 5.70. The first kappa shape index (κ1) is 15.6. The van der Waals surface area contributed by atoms with Crippen molar-refractivity contribution in [1.29, 1.82) is 0 Å². The summed E-state index contributed by atoms with van der Waals surface area (Å²) in [7, 11) is 0. The highest BCUT2D eigenvalue weighted by atomic mass is 16.5. The maximum atomic E-state index is 12.5. The van der Waals surface area contributed by atoms with Crippen molar-refractivity contribution in [3.05, 3.63) is 41.6 Å². The lowest BCUT2D eigenvalue weighted by atomic mass is 10.1. The second-order valence-corrected chi connectivity index (χ2v) is 5.70. The number of hydrogen-bond donors (Lipinski definition) is 0. The molecule has 23 heavy (non-hydrogen) atoms. The van der Waals surface area contributed by atoms with Gasteiger partial charge in [-0.15, -0.1) is 0 Å². The van der Waals surface area contributed by atoms with E-state index in [9.17, 15) is 4.79 Å². The molecule has 7 nitrogen and oxygen atoms in total. The molecule has 0 bridgehead atoms. The molecule has 1 fully saturated rings. The smallest absolute Gasteiger partial charge is 0.291 e. The van der Waals surface area contributed by atoms with Gasteiger partial charge in [-0.3, -0.25) is 4.79 Å². The van der Waals surface area contributed by atoms with Crippen molar-refractivity contribution in [1.82, 2.24) is 19.9 Å². The van der Waals surface area contributed by atoms with Crippen molar-refractivity contribution in [2.24, 2.45) is 0 Å². The zero-order valence-electron chi connectivity index (χ0n) is 13.4. The van der Waals surface area contributed by atoms with Gasteiger partial charge in [-0.25, -0.2) is 15.0 Å². The lowest BCUT2D eigenvalue weighted by Crippen LogP contribution is -2.45. The highest BCUT2D eigenvalue weighted by Gasteiger charge is 2.27. The van der Waals surface area contributed by atoms with Gasteiger partial charge < -0.3 is 14.1 Å². The van der Waals surface area contributed by atoms with Crippen LogP contribution in [-0.4, -0.2) is 51.6 Å². The number of aryl methyl sites for hydroxylation is 3. The van der Waals surface area contributed by atoms with E-state index in [1.54, 1.807) is 18.2 Å². The Morgan fingerprint density at radius 1 is 1.35 bits per heavy atom. The van der Waals surface area contributed by atoms with Crippen LogP contribution in [0.3, 0.4) is 0 Å². The predicted octanol–water partition coefficient (Wildman–Crippen LogP) is 1.56. The van der Waals surface area contributed by atoms with Crippen molar-refractivity contribution >= 4 is 5.91 Å². The molecule has 0 N–H and O–H groups in total. The highest BCUT2D eigenvalue weighted by Crippen LogP contribution is 2.16. The highest BCUT2D eigenvalue weighted by molar-refractivity contribution is 5.92. The molecule has 7 heteroatoms. The second kappa shape index (κ2) is 6.87. The van der Waals surface area contributed by atoms with Crippen LogP contribution < -0.4 is 0 Å². The lowest BCUT2D eigenvalue weighted by molar-refractivity contribution is -0.0256. The van der Waals surface area contributed by atoms with E-state index in [2.05, 4.69) is 15.0 Å². The number of hydrogen-bond acceptors (Lipinski definition) is 6. The van der Waals surface area contributed by atoms with Gasteiger partial charge in [-0.1, -0.05) is 0 Å². The molecule has 0 aliphatic carbocycles. The first-order chi connectivity index (χ1) is 11.1. The normalized spacial score (nSPS) is 18.2. The molecule has 0 unspecified atom stereocenters. The summed E-state index contributed by atoms with van der Waals surface area (Å²) in [6.07, 6.45) is 4.51. The molecular weight excluding hydrogens is 296 g/mol. The number of carbonyl (C=O) groups is 1. The van der Waals surface area contributed by atoms with Gasteiger partial charge in [-0.05, 0) is 32.8 Å². The number of aromatic nitrogens is 3. The fourth-order valence-corrected chi connectivity index (χ4v) is 2.68. The minimum atomic E-state index is -0.119. The number of ether oxygens (including phenoxy) is 1. The standard InChI is InChI=1S/C16H20N4O3/c1-11-7-13(18-9-17-11)3-4-14-8-20(5-6-22-14)16(21)15-12(2)19-10-23-15/h7,9-10,14H,3-6,8H2,1-2H3/t14-/m0/s1. The Hall–Kier alpha value is -2.28. The van der Waals surface area contributed by atoms with Crippen molar-refractivity contribution in [2.45, 2.75) is 32.8 Å². The van der Waals surface area contributed by atoms with E-state index >= 15 is 0 Å². The molecular formula is C16H20N4O3. The molecule has 0 radical (unpaired) electrons. The van der Waals surface area contributed by atoms with Crippen LogP contribution in [0.25, 0.3) is 0 Å². The monoisotopic (exact) mass is 316 g/mol. The van der Waals surface area contributed by atoms with E-state index in [0.717, 1.165) is 24.2 Å². The van der Waals surface area contributed by atoms with Crippen LogP contribution in [-0.2, 0) is 11.2 Å². The van der Waals surface area contributed by atoms with Crippen LogP contribution in [0.2, 0.25) is 0 Å². The van der Waals surface area contributed by atoms with Crippen LogP contribution in [0.5, 0.6) is 0 Å². The van der Waals surface area contributed by atoms with Gasteiger partial charge in [0.05, 0.1) is 18.4 Å². The maximum Gasteiger partial charge on any atom is 0.291 e. The average Bonchev–Trinajstić information content (AvgIpc) is 2.99. The zero-order valence-corrected chi connectivity index (χ0v) is 13.4. The Labute approximate surface area is 134 Å². The van der Waals surface area contributed by atoms with E-state index in [4.69, 9.17) is 9.15 Å².